The van der Waals surface area contributed by atoms with Crippen molar-refractivity contribution in [3.63, 3.8) is 0 Å². The number of anilines is 1. The molecule has 0 aliphatic carbocycles. The highest BCUT2D eigenvalue weighted by Gasteiger charge is 2.34. The molecule has 198 valence electrons. The van der Waals surface area contributed by atoms with Crippen LogP contribution in [0.25, 0.3) is 10.9 Å². The molecule has 0 unspecified atom stereocenters. The third-order valence-electron chi connectivity index (χ3n) is 5.57. The van der Waals surface area contributed by atoms with Crippen molar-refractivity contribution in [2.45, 2.75) is 31.9 Å². The van der Waals surface area contributed by atoms with Gasteiger partial charge in [0.2, 0.25) is 5.88 Å². The van der Waals surface area contributed by atoms with E-state index in [0.29, 0.717) is 53.7 Å². The smallest absolute Gasteiger partial charge is 0.419 e. The summed E-state index contributed by atoms with van der Waals surface area (Å²) < 4.78 is 59.5. The Kier molecular flexibility index (Phi) is 8.40. The third-order valence-corrected chi connectivity index (χ3v) is 6.13. The number of alkyl halides is 4. The molecule has 12 heteroatoms. The summed E-state index contributed by atoms with van der Waals surface area (Å²) in [6, 6.07) is 9.70. The van der Waals surface area contributed by atoms with Crippen molar-refractivity contribution in [2.75, 3.05) is 10.6 Å². The van der Waals surface area contributed by atoms with Gasteiger partial charge in [0, 0.05) is 47.2 Å². The van der Waals surface area contributed by atoms with Gasteiger partial charge >= 0.3 is 12.2 Å². The molecule has 0 bridgehead atoms. The molecule has 0 saturated carbocycles. The molecule has 0 atom stereocenters. The number of ketones is 1. The highest BCUT2D eigenvalue weighted by atomic mass is 79.9. The molecular weight excluding hydrogens is 572 g/mol. The molecule has 0 fully saturated rings. The number of ether oxygens (including phenoxy) is 1. The molecule has 0 aliphatic rings. The van der Waals surface area contributed by atoms with E-state index in [1.165, 1.54) is 17.1 Å². The van der Waals surface area contributed by atoms with Gasteiger partial charge < -0.3 is 10.1 Å². The molecule has 0 saturated heterocycles. The first-order chi connectivity index (χ1) is 18.1. The van der Waals surface area contributed by atoms with Crippen LogP contribution in [0.3, 0.4) is 0 Å². The molecule has 2 aromatic carbocycles. The fourth-order valence-corrected chi connectivity index (χ4v) is 3.99. The Morgan fingerprint density at radius 1 is 1.03 bits per heavy atom. The zero-order valence-corrected chi connectivity index (χ0v) is 21.4. The molecule has 1 amide bonds. The molecule has 2 aromatic heterocycles. The van der Waals surface area contributed by atoms with Gasteiger partial charge in [0.05, 0.1) is 11.1 Å². The number of halogens is 5. The van der Waals surface area contributed by atoms with Gasteiger partial charge in [-0.25, -0.2) is 19.2 Å². The second-order valence-corrected chi connectivity index (χ2v) is 9.10. The van der Waals surface area contributed by atoms with Crippen molar-refractivity contribution in [2.24, 2.45) is 0 Å². The maximum absolute atomic E-state index is 13.5. The van der Waals surface area contributed by atoms with Crippen LogP contribution < -0.4 is 10.1 Å². The monoisotopic (exact) mass is 592 g/mol. The van der Waals surface area contributed by atoms with Crippen LogP contribution in [0.5, 0.6) is 11.6 Å². The zero-order valence-electron chi connectivity index (χ0n) is 19.8. The van der Waals surface area contributed by atoms with Crippen molar-refractivity contribution in [3.8, 4) is 11.6 Å². The Bertz CT molecular complexity index is 1470. The average molecular weight is 593 g/mol. The van der Waals surface area contributed by atoms with E-state index in [9.17, 15) is 27.2 Å². The minimum atomic E-state index is -4.89. The van der Waals surface area contributed by atoms with E-state index in [0.717, 1.165) is 17.8 Å². The summed E-state index contributed by atoms with van der Waals surface area (Å²) in [6.07, 6.45) is 0.0517. The Labute approximate surface area is 223 Å². The molecule has 0 radical (unpaired) electrons. The number of carbonyl (C=O) groups is 2. The summed E-state index contributed by atoms with van der Waals surface area (Å²) >= 11 is 3.31. The average Bonchev–Trinajstić information content (AvgIpc) is 3.30. The van der Waals surface area contributed by atoms with Crippen LogP contribution >= 0.6 is 15.9 Å². The number of aromatic nitrogens is 3. The van der Waals surface area contributed by atoms with Crippen LogP contribution in [0.15, 0.2) is 61.1 Å². The van der Waals surface area contributed by atoms with Gasteiger partial charge in [-0.15, -0.1) is 0 Å². The van der Waals surface area contributed by atoms with Gasteiger partial charge in [0.25, 0.3) is 0 Å². The van der Waals surface area contributed by atoms with Gasteiger partial charge in [-0.3, -0.25) is 9.36 Å². The number of hydrogen-bond donors (Lipinski definition) is 1. The van der Waals surface area contributed by atoms with Gasteiger partial charge in [-0.1, -0.05) is 15.9 Å². The molecule has 7 nitrogen and oxygen atoms in total. The van der Waals surface area contributed by atoms with Crippen LogP contribution in [0.2, 0.25) is 0 Å². The van der Waals surface area contributed by atoms with Crippen molar-refractivity contribution < 1.29 is 31.9 Å². The van der Waals surface area contributed by atoms with Crippen molar-refractivity contribution >= 4 is 44.3 Å². The SMILES string of the molecule is O=C(CCCBr)CCc1cc(Oc2ccc3c(ccn3C(=O)Nc3ccc(F)c(C(F)(F)F)c3)c2)ncn1. The van der Waals surface area contributed by atoms with E-state index in [-0.39, 0.29) is 17.4 Å². The largest absolute Gasteiger partial charge is 0.439 e. The van der Waals surface area contributed by atoms with Gasteiger partial charge in [-0.2, -0.15) is 13.2 Å². The summed E-state index contributed by atoms with van der Waals surface area (Å²) in [5.74, 6) is -0.549. The number of aryl methyl sites for hydroxylation is 1. The second kappa shape index (κ2) is 11.7. The number of rotatable bonds is 9. The minimum absolute atomic E-state index is 0.157. The van der Waals surface area contributed by atoms with E-state index >= 15 is 0 Å². The lowest BCUT2D eigenvalue weighted by molar-refractivity contribution is -0.140. The predicted octanol–water partition coefficient (Wildman–Crippen LogP) is 7.14. The number of nitrogens with zero attached hydrogens (tertiary/aromatic N) is 3. The summed E-state index contributed by atoms with van der Waals surface area (Å²) in [5.41, 5.74) is -0.530. The van der Waals surface area contributed by atoms with Gasteiger partial charge in [0.15, 0.2) is 0 Å². The standard InChI is InChI=1S/C26H21BrF4N4O3/c27-10-1-2-19(36)5-3-17-14-24(33-15-32-17)38-20-6-8-23-16(12-20)9-11-35(23)25(37)34-18-4-7-22(28)21(13-18)26(29,30)31/h4,6-9,11-15H,1-3,5,10H2,(H,34,37). The number of fused-ring (bicyclic) bond motifs is 1. The van der Waals surface area contributed by atoms with Gasteiger partial charge in [0.1, 0.15) is 23.7 Å². The normalized spacial score (nSPS) is 11.5. The molecular formula is C26H21BrF4N4O3. The molecule has 1 N–H and O–H groups in total. The number of carbonyl (C=O) groups excluding carboxylic acids is 2. The fraction of sp³-hybridized carbons (Fsp3) is 0.231. The van der Waals surface area contributed by atoms with Crippen LogP contribution in [-0.2, 0) is 17.4 Å². The van der Waals surface area contributed by atoms with Crippen LogP contribution in [-0.4, -0.2) is 31.7 Å². The van der Waals surface area contributed by atoms with Gasteiger partial charge in [-0.05, 0) is 55.3 Å². The molecule has 0 spiro atoms. The summed E-state index contributed by atoms with van der Waals surface area (Å²) in [6.45, 7) is 0. The van der Waals surface area contributed by atoms with E-state index in [1.807, 2.05) is 0 Å². The van der Waals surface area contributed by atoms with Crippen LogP contribution in [0.4, 0.5) is 28.0 Å². The lowest BCUT2D eigenvalue weighted by Gasteiger charge is -2.12. The zero-order chi connectivity index (χ0) is 27.3. The van der Waals surface area contributed by atoms with E-state index in [2.05, 4.69) is 31.2 Å². The number of benzene rings is 2. The highest BCUT2D eigenvalue weighted by Crippen LogP contribution is 2.33. The maximum atomic E-state index is 13.5. The number of hydrogen-bond acceptors (Lipinski definition) is 5. The van der Waals surface area contributed by atoms with Crippen LogP contribution in [0, 0.1) is 5.82 Å². The Hall–Kier alpha value is -3.80. The Morgan fingerprint density at radius 3 is 2.61 bits per heavy atom. The van der Waals surface area contributed by atoms with Crippen molar-refractivity contribution in [1.82, 2.24) is 14.5 Å². The quantitative estimate of drug-likeness (QED) is 0.165. The lowest BCUT2D eigenvalue weighted by atomic mass is 10.1. The maximum Gasteiger partial charge on any atom is 0.419 e. The number of amides is 1. The molecule has 4 rings (SSSR count). The molecule has 2 heterocycles. The first-order valence-corrected chi connectivity index (χ1v) is 12.6. The number of nitrogens with one attached hydrogen (secondary N) is 1. The summed E-state index contributed by atoms with van der Waals surface area (Å²) in [5, 5.41) is 3.75. The molecule has 4 aromatic rings. The fourth-order valence-electron chi connectivity index (χ4n) is 3.71. The topological polar surface area (TPSA) is 86.1 Å². The van der Waals surface area contributed by atoms with E-state index in [4.69, 9.17) is 4.74 Å². The van der Waals surface area contributed by atoms with E-state index in [1.54, 1.807) is 30.3 Å². The Balaban J connectivity index is 1.45. The molecule has 38 heavy (non-hydrogen) atoms. The minimum Gasteiger partial charge on any atom is -0.439 e. The predicted molar refractivity (Wildman–Crippen MR) is 136 cm³/mol. The first-order valence-electron chi connectivity index (χ1n) is 11.5. The first kappa shape index (κ1) is 27.2. The lowest BCUT2D eigenvalue weighted by Crippen LogP contribution is -2.19. The molecule has 0 aliphatic heterocycles. The number of Topliss-reactive ketones (excluding diaryl/α,β-unsaturated/α-hetero) is 1. The van der Waals surface area contributed by atoms with E-state index < -0.39 is 23.6 Å². The van der Waals surface area contributed by atoms with Crippen molar-refractivity contribution in [3.05, 3.63) is 78.1 Å². The van der Waals surface area contributed by atoms with Crippen LogP contribution in [0.1, 0.15) is 30.5 Å². The highest BCUT2D eigenvalue weighted by molar-refractivity contribution is 9.09. The summed E-state index contributed by atoms with van der Waals surface area (Å²) in [4.78, 5) is 32.9. The second-order valence-electron chi connectivity index (χ2n) is 8.31. The van der Waals surface area contributed by atoms with Crippen molar-refractivity contribution in [1.29, 1.82) is 0 Å². The third kappa shape index (κ3) is 6.74. The summed E-state index contributed by atoms with van der Waals surface area (Å²) in [7, 11) is 0. The Morgan fingerprint density at radius 2 is 1.84 bits per heavy atom.